The quantitative estimate of drug-likeness (QED) is 0.853. The summed E-state index contributed by atoms with van der Waals surface area (Å²) in [6.07, 6.45) is 2.76. The summed E-state index contributed by atoms with van der Waals surface area (Å²) in [7, 11) is 1.69. The molecule has 3 unspecified atom stereocenters. The van der Waals surface area contributed by atoms with Crippen molar-refractivity contribution in [3.63, 3.8) is 0 Å². The number of hydrogen-bond donors (Lipinski definition) is 1. The molecule has 1 fully saturated rings. The van der Waals surface area contributed by atoms with Crippen molar-refractivity contribution in [2.45, 2.75) is 39.0 Å². The number of benzene rings is 1. The van der Waals surface area contributed by atoms with E-state index in [2.05, 4.69) is 26.0 Å². The fourth-order valence-electron chi connectivity index (χ4n) is 2.78. The van der Waals surface area contributed by atoms with Crippen molar-refractivity contribution in [3.8, 4) is 5.75 Å². The van der Waals surface area contributed by atoms with E-state index in [1.807, 2.05) is 6.07 Å². The van der Waals surface area contributed by atoms with Crippen molar-refractivity contribution in [2.24, 2.45) is 11.8 Å². The Labute approximate surface area is 114 Å². The molecule has 3 nitrogen and oxygen atoms in total. The van der Waals surface area contributed by atoms with Gasteiger partial charge in [-0.1, -0.05) is 26.0 Å². The second kappa shape index (κ2) is 5.64. The van der Waals surface area contributed by atoms with Crippen LogP contribution in [0.15, 0.2) is 18.2 Å². The molecule has 0 aliphatic heterocycles. The normalized spacial score (nSPS) is 22.9. The summed E-state index contributed by atoms with van der Waals surface area (Å²) in [4.78, 5) is 10.9. The van der Waals surface area contributed by atoms with Crippen molar-refractivity contribution in [1.29, 1.82) is 0 Å². The van der Waals surface area contributed by atoms with E-state index in [9.17, 15) is 4.79 Å². The van der Waals surface area contributed by atoms with Gasteiger partial charge in [0.15, 0.2) is 0 Å². The lowest BCUT2D eigenvalue weighted by atomic mass is 9.92. The van der Waals surface area contributed by atoms with Crippen LogP contribution in [0.4, 0.5) is 0 Å². The molecule has 1 N–H and O–H groups in total. The highest BCUT2D eigenvalue weighted by Gasteiger charge is 2.43. The van der Waals surface area contributed by atoms with Crippen molar-refractivity contribution in [2.75, 3.05) is 7.11 Å². The Kier molecular flexibility index (Phi) is 4.13. The van der Waals surface area contributed by atoms with Gasteiger partial charge >= 0.3 is 5.97 Å². The number of aliphatic carboxylic acids is 1. The van der Waals surface area contributed by atoms with Gasteiger partial charge < -0.3 is 9.84 Å². The number of hydrogen-bond acceptors (Lipinski definition) is 2. The smallest absolute Gasteiger partial charge is 0.306 e. The van der Waals surface area contributed by atoms with Gasteiger partial charge in [0.05, 0.1) is 13.0 Å². The van der Waals surface area contributed by atoms with Crippen molar-refractivity contribution < 1.29 is 14.6 Å². The van der Waals surface area contributed by atoms with E-state index < -0.39 is 5.97 Å². The maximum Gasteiger partial charge on any atom is 0.306 e. The van der Waals surface area contributed by atoms with Gasteiger partial charge in [-0.3, -0.25) is 4.79 Å². The third kappa shape index (κ3) is 3.09. The summed E-state index contributed by atoms with van der Waals surface area (Å²) in [5.41, 5.74) is 2.51. The summed E-state index contributed by atoms with van der Waals surface area (Å²) in [5.74, 6) is 0.824. The van der Waals surface area contributed by atoms with Crippen molar-refractivity contribution in [1.82, 2.24) is 0 Å². The number of carboxylic acids is 1. The van der Waals surface area contributed by atoms with E-state index in [0.29, 0.717) is 11.8 Å². The highest BCUT2D eigenvalue weighted by atomic mass is 16.5. The molecule has 0 aromatic heterocycles. The fraction of sp³-hybridized carbons (Fsp3) is 0.562. The minimum Gasteiger partial charge on any atom is -0.496 e. The Morgan fingerprint density at radius 1 is 1.53 bits per heavy atom. The molecule has 0 saturated heterocycles. The highest BCUT2D eigenvalue weighted by molar-refractivity contribution is 5.73. The van der Waals surface area contributed by atoms with Crippen molar-refractivity contribution in [3.05, 3.63) is 29.3 Å². The summed E-state index contributed by atoms with van der Waals surface area (Å²) in [5, 5.41) is 8.97. The molecular formula is C16H22O3. The molecule has 0 heterocycles. The number of rotatable bonds is 6. The average Bonchev–Trinajstić information content (AvgIpc) is 3.17. The Morgan fingerprint density at radius 2 is 2.26 bits per heavy atom. The molecule has 3 heteroatoms. The maximum absolute atomic E-state index is 10.9. The van der Waals surface area contributed by atoms with Gasteiger partial charge in [0.1, 0.15) is 5.75 Å². The Morgan fingerprint density at radius 3 is 2.79 bits per heavy atom. The monoisotopic (exact) mass is 262 g/mol. The maximum atomic E-state index is 10.9. The molecule has 19 heavy (non-hydrogen) atoms. The summed E-state index contributed by atoms with van der Waals surface area (Å²) < 4.78 is 5.43. The van der Waals surface area contributed by atoms with Gasteiger partial charge in [0.25, 0.3) is 0 Å². The van der Waals surface area contributed by atoms with Crippen LogP contribution >= 0.6 is 0 Å². The second-order valence-corrected chi connectivity index (χ2v) is 5.51. The molecule has 104 valence electrons. The topological polar surface area (TPSA) is 46.5 Å². The average molecular weight is 262 g/mol. The van der Waals surface area contributed by atoms with Crippen LogP contribution in [-0.2, 0) is 11.2 Å². The molecule has 0 amide bonds. The molecule has 0 bridgehead atoms. The number of ether oxygens (including phenoxy) is 1. The van der Waals surface area contributed by atoms with Gasteiger partial charge in [-0.25, -0.2) is 0 Å². The van der Waals surface area contributed by atoms with Gasteiger partial charge in [0, 0.05) is 0 Å². The SMILES string of the molecule is CCc1ccc(OC)c(C(C)CC2CC2C(=O)O)c1. The minimum atomic E-state index is -0.647. The van der Waals surface area contributed by atoms with Crippen LogP contribution in [0.3, 0.4) is 0 Å². The van der Waals surface area contributed by atoms with Crippen LogP contribution in [0.2, 0.25) is 0 Å². The number of carbonyl (C=O) groups is 1. The first kappa shape index (κ1) is 13.9. The zero-order chi connectivity index (χ0) is 14.0. The molecule has 1 aromatic carbocycles. The lowest BCUT2D eigenvalue weighted by Gasteiger charge is -2.16. The van der Waals surface area contributed by atoms with E-state index in [1.165, 1.54) is 11.1 Å². The first-order valence-electron chi connectivity index (χ1n) is 6.96. The predicted molar refractivity (Wildman–Crippen MR) is 74.6 cm³/mol. The van der Waals surface area contributed by atoms with Crippen LogP contribution in [0, 0.1) is 11.8 Å². The summed E-state index contributed by atoms with van der Waals surface area (Å²) in [6, 6.07) is 6.31. The Hall–Kier alpha value is -1.51. The minimum absolute atomic E-state index is 0.122. The first-order chi connectivity index (χ1) is 9.06. The zero-order valence-electron chi connectivity index (χ0n) is 11.8. The molecule has 1 aromatic rings. The predicted octanol–water partition coefficient (Wildman–Crippen LogP) is 3.47. The summed E-state index contributed by atoms with van der Waals surface area (Å²) in [6.45, 7) is 4.30. The van der Waals surface area contributed by atoms with Gasteiger partial charge in [0.2, 0.25) is 0 Å². The van der Waals surface area contributed by atoms with E-state index in [0.717, 1.165) is 25.0 Å². The largest absolute Gasteiger partial charge is 0.496 e. The highest BCUT2D eigenvalue weighted by Crippen LogP contribution is 2.46. The van der Waals surface area contributed by atoms with E-state index in [1.54, 1.807) is 7.11 Å². The first-order valence-corrected chi connectivity index (χ1v) is 6.96. The standard InChI is InChI=1S/C16H22O3/c1-4-11-5-6-15(19-3)13(8-11)10(2)7-12-9-14(12)16(17)18/h5-6,8,10,12,14H,4,7,9H2,1-3H3,(H,17,18). The van der Waals surface area contributed by atoms with Gasteiger partial charge in [-0.2, -0.15) is 0 Å². The van der Waals surface area contributed by atoms with Crippen LogP contribution in [0.1, 0.15) is 43.7 Å². The molecular weight excluding hydrogens is 240 g/mol. The molecule has 0 spiro atoms. The fourth-order valence-corrected chi connectivity index (χ4v) is 2.78. The molecule has 1 saturated carbocycles. The molecule has 1 aliphatic rings. The van der Waals surface area contributed by atoms with Crippen molar-refractivity contribution >= 4 is 5.97 Å². The number of aryl methyl sites for hydroxylation is 1. The van der Waals surface area contributed by atoms with Crippen LogP contribution in [0.5, 0.6) is 5.75 Å². The summed E-state index contributed by atoms with van der Waals surface area (Å²) >= 11 is 0. The van der Waals surface area contributed by atoms with E-state index in [4.69, 9.17) is 9.84 Å². The Balaban J connectivity index is 2.09. The van der Waals surface area contributed by atoms with Crippen LogP contribution < -0.4 is 4.74 Å². The van der Waals surface area contributed by atoms with E-state index >= 15 is 0 Å². The zero-order valence-corrected chi connectivity index (χ0v) is 11.8. The molecule has 0 radical (unpaired) electrons. The molecule has 1 aliphatic carbocycles. The number of methoxy groups -OCH3 is 1. The van der Waals surface area contributed by atoms with Gasteiger partial charge in [-0.15, -0.1) is 0 Å². The third-order valence-corrected chi connectivity index (χ3v) is 4.13. The molecule has 3 atom stereocenters. The second-order valence-electron chi connectivity index (χ2n) is 5.51. The van der Waals surface area contributed by atoms with Crippen LogP contribution in [0.25, 0.3) is 0 Å². The molecule has 2 rings (SSSR count). The third-order valence-electron chi connectivity index (χ3n) is 4.13. The van der Waals surface area contributed by atoms with Gasteiger partial charge in [-0.05, 0) is 48.3 Å². The lowest BCUT2D eigenvalue weighted by molar-refractivity contribution is -0.138. The Bertz CT molecular complexity index is 467. The lowest BCUT2D eigenvalue weighted by Crippen LogP contribution is -2.04. The van der Waals surface area contributed by atoms with E-state index in [-0.39, 0.29) is 5.92 Å². The number of carboxylic acid groups (broad SMARTS) is 1. The van der Waals surface area contributed by atoms with Crippen LogP contribution in [-0.4, -0.2) is 18.2 Å².